The summed E-state index contributed by atoms with van der Waals surface area (Å²) in [5.74, 6) is 0.342. The second-order valence-corrected chi connectivity index (χ2v) is 3.55. The van der Waals surface area contributed by atoms with Gasteiger partial charge in [-0.1, -0.05) is 6.07 Å². The van der Waals surface area contributed by atoms with Crippen LogP contribution in [0, 0.1) is 5.82 Å². The molecule has 0 bridgehead atoms. The smallest absolute Gasteiger partial charge is 0.127 e. The highest BCUT2D eigenvalue weighted by atomic mass is 19.1. The van der Waals surface area contributed by atoms with Crippen LogP contribution in [0.25, 0.3) is 0 Å². The Hall–Kier alpha value is -1.13. The number of benzene rings is 1. The summed E-state index contributed by atoms with van der Waals surface area (Å²) in [6, 6.07) is 4.68. The molecule has 2 rings (SSSR count). The molecule has 0 radical (unpaired) electrons. The quantitative estimate of drug-likeness (QED) is 0.761. The van der Waals surface area contributed by atoms with E-state index in [-0.39, 0.29) is 11.9 Å². The summed E-state index contributed by atoms with van der Waals surface area (Å²) in [5, 5.41) is 0. The minimum Gasteiger partial charge on any atom is -0.493 e. The highest BCUT2D eigenvalue weighted by Crippen LogP contribution is 2.31. The van der Waals surface area contributed by atoms with Gasteiger partial charge in [-0.05, 0) is 18.9 Å². The van der Waals surface area contributed by atoms with Crippen LogP contribution >= 0.6 is 0 Å². The molecule has 0 saturated carbocycles. The van der Waals surface area contributed by atoms with Crippen molar-refractivity contribution in [2.24, 2.45) is 0 Å². The van der Waals surface area contributed by atoms with Crippen molar-refractivity contribution in [3.63, 3.8) is 0 Å². The Morgan fingerprint density at radius 1 is 1.53 bits per heavy atom. The third kappa shape index (κ3) is 2.27. The molecule has 0 fully saturated rings. The lowest BCUT2D eigenvalue weighted by Crippen LogP contribution is -2.19. The highest BCUT2D eigenvalue weighted by molar-refractivity contribution is 5.37. The Bertz CT molecular complexity index is 343. The first-order valence-electron chi connectivity index (χ1n) is 5.02. The van der Waals surface area contributed by atoms with Crippen LogP contribution in [0.15, 0.2) is 18.2 Å². The maximum atomic E-state index is 13.0. The number of halogens is 1. The monoisotopic (exact) mass is 211 g/mol. The van der Waals surface area contributed by atoms with E-state index < -0.39 is 0 Å². The van der Waals surface area contributed by atoms with Crippen LogP contribution in [-0.2, 0) is 4.84 Å². The van der Waals surface area contributed by atoms with Crippen molar-refractivity contribution in [2.45, 2.75) is 18.9 Å². The fourth-order valence-corrected chi connectivity index (χ4v) is 1.81. The van der Waals surface area contributed by atoms with E-state index in [1.54, 1.807) is 13.2 Å². The maximum Gasteiger partial charge on any atom is 0.127 e. The van der Waals surface area contributed by atoms with Gasteiger partial charge in [0.2, 0.25) is 0 Å². The molecule has 82 valence electrons. The molecule has 1 atom stereocenters. The van der Waals surface area contributed by atoms with E-state index in [0.29, 0.717) is 12.4 Å². The predicted octanol–water partition coefficient (Wildman–Crippen LogP) is 2.19. The third-order valence-corrected chi connectivity index (χ3v) is 2.51. The van der Waals surface area contributed by atoms with Gasteiger partial charge in [-0.15, -0.1) is 0 Å². The van der Waals surface area contributed by atoms with Gasteiger partial charge in [-0.3, -0.25) is 0 Å². The Morgan fingerprint density at radius 2 is 2.40 bits per heavy atom. The standard InChI is InChI=1S/C11H14FNO2/c1-14-13-10-3-2-6-15-11-7-8(12)4-5-9(10)11/h4-5,7,10,13H,2-3,6H2,1H3. The van der Waals surface area contributed by atoms with Gasteiger partial charge in [0, 0.05) is 11.6 Å². The van der Waals surface area contributed by atoms with Crippen molar-refractivity contribution in [3.05, 3.63) is 29.6 Å². The largest absolute Gasteiger partial charge is 0.493 e. The zero-order valence-electron chi connectivity index (χ0n) is 8.63. The first kappa shape index (κ1) is 10.4. The summed E-state index contributed by atoms with van der Waals surface area (Å²) in [6.45, 7) is 0.623. The first-order chi connectivity index (χ1) is 7.31. The molecular weight excluding hydrogens is 197 g/mol. The van der Waals surface area contributed by atoms with Crippen LogP contribution in [0.3, 0.4) is 0 Å². The summed E-state index contributed by atoms with van der Waals surface area (Å²) >= 11 is 0. The van der Waals surface area contributed by atoms with E-state index in [1.807, 2.05) is 0 Å². The molecule has 0 aromatic heterocycles. The van der Waals surface area contributed by atoms with Crippen molar-refractivity contribution in [1.82, 2.24) is 5.48 Å². The Kier molecular flexibility index (Phi) is 3.18. The van der Waals surface area contributed by atoms with E-state index in [2.05, 4.69) is 5.48 Å². The summed E-state index contributed by atoms with van der Waals surface area (Å²) in [4.78, 5) is 4.92. The van der Waals surface area contributed by atoms with Crippen molar-refractivity contribution in [3.8, 4) is 5.75 Å². The molecule has 4 heteroatoms. The predicted molar refractivity (Wildman–Crippen MR) is 54.0 cm³/mol. The zero-order valence-corrected chi connectivity index (χ0v) is 8.63. The van der Waals surface area contributed by atoms with Crippen LogP contribution in [0.1, 0.15) is 24.4 Å². The second-order valence-electron chi connectivity index (χ2n) is 3.55. The van der Waals surface area contributed by atoms with Crippen molar-refractivity contribution < 1.29 is 14.0 Å². The Morgan fingerprint density at radius 3 is 3.20 bits per heavy atom. The van der Waals surface area contributed by atoms with E-state index in [0.717, 1.165) is 18.4 Å². The van der Waals surface area contributed by atoms with Crippen LogP contribution in [0.2, 0.25) is 0 Å². The Labute approximate surface area is 88.1 Å². The summed E-state index contributed by atoms with van der Waals surface area (Å²) in [7, 11) is 1.58. The molecular formula is C11H14FNO2. The fraction of sp³-hybridized carbons (Fsp3) is 0.455. The van der Waals surface area contributed by atoms with Gasteiger partial charge in [0.05, 0.1) is 19.8 Å². The molecule has 1 aliphatic heterocycles. The molecule has 1 aromatic rings. The molecule has 3 nitrogen and oxygen atoms in total. The average molecular weight is 211 g/mol. The summed E-state index contributed by atoms with van der Waals surface area (Å²) < 4.78 is 18.5. The molecule has 1 aliphatic rings. The van der Waals surface area contributed by atoms with Crippen LogP contribution in [0.5, 0.6) is 5.75 Å². The number of ether oxygens (including phenoxy) is 1. The van der Waals surface area contributed by atoms with Gasteiger partial charge in [0.25, 0.3) is 0 Å². The lowest BCUT2D eigenvalue weighted by Gasteiger charge is -2.16. The average Bonchev–Trinajstić information content (AvgIpc) is 2.41. The topological polar surface area (TPSA) is 30.5 Å². The summed E-state index contributed by atoms with van der Waals surface area (Å²) in [6.07, 6.45) is 1.85. The maximum absolute atomic E-state index is 13.0. The molecule has 1 unspecified atom stereocenters. The number of rotatable bonds is 2. The first-order valence-corrected chi connectivity index (χ1v) is 5.02. The van der Waals surface area contributed by atoms with Crippen LogP contribution < -0.4 is 10.2 Å². The zero-order chi connectivity index (χ0) is 10.7. The van der Waals surface area contributed by atoms with Crippen LogP contribution in [0.4, 0.5) is 4.39 Å². The van der Waals surface area contributed by atoms with Crippen LogP contribution in [-0.4, -0.2) is 13.7 Å². The van der Waals surface area contributed by atoms with E-state index >= 15 is 0 Å². The molecule has 15 heavy (non-hydrogen) atoms. The minimum atomic E-state index is -0.271. The van der Waals surface area contributed by atoms with E-state index in [4.69, 9.17) is 9.57 Å². The normalized spacial score (nSPS) is 20.3. The fourth-order valence-electron chi connectivity index (χ4n) is 1.81. The van der Waals surface area contributed by atoms with Gasteiger partial charge >= 0.3 is 0 Å². The van der Waals surface area contributed by atoms with Gasteiger partial charge in [0.1, 0.15) is 11.6 Å². The number of hydroxylamine groups is 1. The van der Waals surface area contributed by atoms with Gasteiger partial charge < -0.3 is 9.57 Å². The Balaban J connectivity index is 2.32. The van der Waals surface area contributed by atoms with E-state index in [1.165, 1.54) is 12.1 Å². The van der Waals surface area contributed by atoms with Gasteiger partial charge in [0.15, 0.2) is 0 Å². The molecule has 0 saturated heterocycles. The molecule has 0 spiro atoms. The molecule has 1 N–H and O–H groups in total. The SMILES string of the molecule is CONC1CCCOc2cc(F)ccc21. The number of nitrogens with one attached hydrogen (secondary N) is 1. The molecule has 0 amide bonds. The summed E-state index contributed by atoms with van der Waals surface area (Å²) in [5.41, 5.74) is 3.85. The lowest BCUT2D eigenvalue weighted by atomic mass is 10.0. The van der Waals surface area contributed by atoms with Crippen molar-refractivity contribution >= 4 is 0 Å². The lowest BCUT2D eigenvalue weighted by molar-refractivity contribution is 0.0579. The van der Waals surface area contributed by atoms with Crippen molar-refractivity contribution in [2.75, 3.05) is 13.7 Å². The molecule has 0 aliphatic carbocycles. The molecule has 1 aromatic carbocycles. The van der Waals surface area contributed by atoms with Gasteiger partial charge in [-0.25, -0.2) is 4.39 Å². The molecule has 1 heterocycles. The van der Waals surface area contributed by atoms with Gasteiger partial charge in [-0.2, -0.15) is 5.48 Å². The number of hydrogen-bond donors (Lipinski definition) is 1. The highest BCUT2D eigenvalue weighted by Gasteiger charge is 2.19. The number of hydrogen-bond acceptors (Lipinski definition) is 3. The van der Waals surface area contributed by atoms with E-state index in [9.17, 15) is 4.39 Å². The minimum absolute atomic E-state index is 0.0769. The third-order valence-electron chi connectivity index (χ3n) is 2.51. The second kappa shape index (κ2) is 4.59. The van der Waals surface area contributed by atoms with Crippen molar-refractivity contribution in [1.29, 1.82) is 0 Å². The number of fused-ring (bicyclic) bond motifs is 1.